The minimum absolute atomic E-state index is 0.345. The molecule has 0 unspecified atom stereocenters. The first kappa shape index (κ1) is 28.2. The molecule has 0 atom stereocenters. The fourth-order valence-corrected chi connectivity index (χ4v) is 3.84. The summed E-state index contributed by atoms with van der Waals surface area (Å²) in [5.74, 6) is 0.306. The van der Waals surface area contributed by atoms with Crippen molar-refractivity contribution in [1.29, 1.82) is 0 Å². The Kier molecular flexibility index (Phi) is 10.2. The number of carbonyl (C=O) groups is 2. The Hall–Kier alpha value is -4.39. The Bertz CT molecular complexity index is 1310. The summed E-state index contributed by atoms with van der Waals surface area (Å²) < 4.78 is 12.0. The largest absolute Gasteiger partial charge is 0.490 e. The Balaban J connectivity index is 1.67. The van der Waals surface area contributed by atoms with Crippen LogP contribution in [0.1, 0.15) is 46.7 Å². The lowest BCUT2D eigenvalue weighted by molar-refractivity contribution is -0.126. The molecule has 198 valence electrons. The maximum absolute atomic E-state index is 12.3. The van der Waals surface area contributed by atoms with Crippen LogP contribution in [0.25, 0.3) is 0 Å². The van der Waals surface area contributed by atoms with Gasteiger partial charge >= 0.3 is 0 Å². The second-order valence-electron chi connectivity index (χ2n) is 9.04. The zero-order chi connectivity index (χ0) is 27.5. The number of ether oxygens (including phenoxy) is 2. The SMILES string of the molecule is C=CCc1cc(C=NNC(=O)CC(=O)Nc2ccc(C)cc2C)cc(OCC)c1OCc1ccc(C)cc1. The van der Waals surface area contributed by atoms with Crippen molar-refractivity contribution in [2.45, 2.75) is 47.1 Å². The van der Waals surface area contributed by atoms with Gasteiger partial charge in [0.1, 0.15) is 13.0 Å². The maximum atomic E-state index is 12.3. The number of nitrogens with zero attached hydrogens (tertiary/aromatic N) is 1. The first-order chi connectivity index (χ1) is 18.3. The highest BCUT2D eigenvalue weighted by molar-refractivity contribution is 6.04. The Morgan fingerprint density at radius 1 is 0.947 bits per heavy atom. The summed E-state index contributed by atoms with van der Waals surface area (Å²) in [6.45, 7) is 12.6. The summed E-state index contributed by atoms with van der Waals surface area (Å²) >= 11 is 0. The summed E-state index contributed by atoms with van der Waals surface area (Å²) in [4.78, 5) is 24.5. The molecule has 0 fully saturated rings. The van der Waals surface area contributed by atoms with Gasteiger partial charge in [0.15, 0.2) is 11.5 Å². The second kappa shape index (κ2) is 13.8. The molecule has 0 aliphatic heterocycles. The molecule has 38 heavy (non-hydrogen) atoms. The van der Waals surface area contributed by atoms with Crippen molar-refractivity contribution in [2.24, 2.45) is 5.10 Å². The van der Waals surface area contributed by atoms with Gasteiger partial charge in [0.2, 0.25) is 11.8 Å². The summed E-state index contributed by atoms with van der Waals surface area (Å²) in [6.07, 6.45) is 3.53. The molecule has 0 heterocycles. The molecule has 2 N–H and O–H groups in total. The van der Waals surface area contributed by atoms with Crippen LogP contribution in [0.5, 0.6) is 11.5 Å². The third kappa shape index (κ3) is 8.34. The van der Waals surface area contributed by atoms with Crippen LogP contribution in [-0.4, -0.2) is 24.6 Å². The van der Waals surface area contributed by atoms with Crippen molar-refractivity contribution in [2.75, 3.05) is 11.9 Å². The molecule has 2 amide bonds. The average Bonchev–Trinajstić information content (AvgIpc) is 2.86. The summed E-state index contributed by atoms with van der Waals surface area (Å²) in [5, 5.41) is 6.80. The lowest BCUT2D eigenvalue weighted by atomic mass is 10.1. The summed E-state index contributed by atoms with van der Waals surface area (Å²) in [7, 11) is 0. The van der Waals surface area contributed by atoms with Crippen LogP contribution < -0.4 is 20.2 Å². The normalized spacial score (nSPS) is 10.7. The van der Waals surface area contributed by atoms with Crippen LogP contribution >= 0.6 is 0 Å². The monoisotopic (exact) mass is 513 g/mol. The number of aryl methyl sites for hydroxylation is 3. The van der Waals surface area contributed by atoms with Gasteiger partial charge < -0.3 is 14.8 Å². The number of rotatable bonds is 12. The molecule has 3 rings (SSSR count). The van der Waals surface area contributed by atoms with Crippen LogP contribution in [-0.2, 0) is 22.6 Å². The van der Waals surface area contributed by atoms with E-state index in [1.165, 1.54) is 11.8 Å². The van der Waals surface area contributed by atoms with E-state index >= 15 is 0 Å². The van der Waals surface area contributed by atoms with Gasteiger partial charge in [-0.3, -0.25) is 9.59 Å². The first-order valence-electron chi connectivity index (χ1n) is 12.6. The molecule has 3 aromatic rings. The van der Waals surface area contributed by atoms with Crippen molar-refractivity contribution in [1.82, 2.24) is 5.43 Å². The third-order valence-corrected chi connectivity index (χ3v) is 5.70. The molecule has 0 bridgehead atoms. The van der Waals surface area contributed by atoms with Crippen LogP contribution in [0.15, 0.2) is 72.4 Å². The number of hydrogen-bond acceptors (Lipinski definition) is 5. The van der Waals surface area contributed by atoms with Gasteiger partial charge in [-0.15, -0.1) is 6.58 Å². The Morgan fingerprint density at radius 3 is 2.37 bits per heavy atom. The van der Waals surface area contributed by atoms with Crippen molar-refractivity contribution < 1.29 is 19.1 Å². The van der Waals surface area contributed by atoms with E-state index in [-0.39, 0.29) is 6.42 Å². The predicted molar refractivity (Wildman–Crippen MR) is 152 cm³/mol. The topological polar surface area (TPSA) is 89.0 Å². The van der Waals surface area contributed by atoms with E-state index < -0.39 is 11.8 Å². The van der Waals surface area contributed by atoms with E-state index in [1.807, 2.05) is 82.3 Å². The van der Waals surface area contributed by atoms with Crippen LogP contribution in [0.2, 0.25) is 0 Å². The highest BCUT2D eigenvalue weighted by Gasteiger charge is 2.14. The van der Waals surface area contributed by atoms with Crippen molar-refractivity contribution >= 4 is 23.7 Å². The lowest BCUT2D eigenvalue weighted by Crippen LogP contribution is -2.24. The summed E-state index contributed by atoms with van der Waals surface area (Å²) in [6, 6.07) is 17.6. The number of hydrazone groups is 1. The zero-order valence-electron chi connectivity index (χ0n) is 22.5. The van der Waals surface area contributed by atoms with Crippen LogP contribution in [0.3, 0.4) is 0 Å². The quantitative estimate of drug-likeness (QED) is 0.139. The molecule has 0 radical (unpaired) electrons. The first-order valence-corrected chi connectivity index (χ1v) is 12.6. The molecular weight excluding hydrogens is 478 g/mol. The lowest BCUT2D eigenvalue weighted by Gasteiger charge is -2.17. The molecule has 0 aliphatic carbocycles. The highest BCUT2D eigenvalue weighted by atomic mass is 16.5. The van der Waals surface area contributed by atoms with Gasteiger partial charge in [-0.1, -0.05) is 53.6 Å². The van der Waals surface area contributed by atoms with Gasteiger partial charge in [-0.2, -0.15) is 5.10 Å². The van der Waals surface area contributed by atoms with E-state index in [9.17, 15) is 9.59 Å². The standard InChI is InChI=1S/C31H35N3O4/c1-6-8-26-16-25(17-28(37-7-2)31(26)38-20-24-12-9-21(3)10-13-24)19-32-34-30(36)18-29(35)33-27-14-11-22(4)15-23(27)5/h6,9-17,19H,1,7-8,18,20H2,2-5H3,(H,33,35)(H,34,36). The molecule has 0 saturated carbocycles. The van der Waals surface area contributed by atoms with Gasteiger partial charge in [0.05, 0.1) is 12.8 Å². The molecule has 0 saturated heterocycles. The van der Waals surface area contributed by atoms with E-state index in [2.05, 4.69) is 22.4 Å². The molecule has 0 spiro atoms. The Labute approximate surface area is 224 Å². The highest BCUT2D eigenvalue weighted by Crippen LogP contribution is 2.34. The van der Waals surface area contributed by atoms with E-state index in [0.29, 0.717) is 42.4 Å². The van der Waals surface area contributed by atoms with E-state index in [1.54, 1.807) is 6.08 Å². The van der Waals surface area contributed by atoms with Gasteiger partial charge in [0, 0.05) is 11.3 Å². The fourth-order valence-electron chi connectivity index (χ4n) is 3.84. The summed E-state index contributed by atoms with van der Waals surface area (Å²) in [5.41, 5.74) is 8.98. The minimum atomic E-state index is -0.516. The molecule has 7 nitrogen and oxygen atoms in total. The molecular formula is C31H35N3O4. The van der Waals surface area contributed by atoms with E-state index in [4.69, 9.17) is 9.47 Å². The number of allylic oxidation sites excluding steroid dienone is 1. The Morgan fingerprint density at radius 2 is 1.68 bits per heavy atom. The third-order valence-electron chi connectivity index (χ3n) is 5.70. The minimum Gasteiger partial charge on any atom is -0.490 e. The van der Waals surface area contributed by atoms with Crippen LogP contribution in [0, 0.1) is 20.8 Å². The van der Waals surface area contributed by atoms with Crippen molar-refractivity contribution in [3.8, 4) is 11.5 Å². The van der Waals surface area contributed by atoms with E-state index in [0.717, 1.165) is 22.3 Å². The number of nitrogens with one attached hydrogen (secondary N) is 2. The second-order valence-corrected chi connectivity index (χ2v) is 9.04. The average molecular weight is 514 g/mol. The number of amides is 2. The number of benzene rings is 3. The molecule has 0 aromatic heterocycles. The van der Waals surface area contributed by atoms with Gasteiger partial charge in [-0.05, 0) is 69.0 Å². The smallest absolute Gasteiger partial charge is 0.249 e. The fraction of sp³-hybridized carbons (Fsp3) is 0.258. The molecule has 0 aliphatic rings. The maximum Gasteiger partial charge on any atom is 0.249 e. The molecule has 3 aromatic carbocycles. The van der Waals surface area contributed by atoms with Crippen molar-refractivity contribution in [3.05, 3.63) is 101 Å². The molecule has 7 heteroatoms. The van der Waals surface area contributed by atoms with Crippen LogP contribution in [0.4, 0.5) is 5.69 Å². The number of hydrogen-bond donors (Lipinski definition) is 2. The van der Waals surface area contributed by atoms with Gasteiger partial charge in [0.25, 0.3) is 0 Å². The predicted octanol–water partition coefficient (Wildman–Crippen LogP) is 5.80. The number of carbonyl (C=O) groups excluding carboxylic acids is 2. The number of anilines is 1. The van der Waals surface area contributed by atoms with Gasteiger partial charge in [-0.25, -0.2) is 5.43 Å². The van der Waals surface area contributed by atoms with Crippen molar-refractivity contribution in [3.63, 3.8) is 0 Å². The zero-order valence-corrected chi connectivity index (χ0v) is 22.5.